The number of aryl methyl sites for hydroxylation is 1. The highest BCUT2D eigenvalue weighted by Gasteiger charge is 2.15. The van der Waals surface area contributed by atoms with E-state index >= 15 is 0 Å². The lowest BCUT2D eigenvalue weighted by molar-refractivity contribution is 0.0951. The van der Waals surface area contributed by atoms with Crippen LogP contribution < -0.4 is 16.8 Å². The Morgan fingerprint density at radius 2 is 2.22 bits per heavy atom. The molecule has 18 heavy (non-hydrogen) atoms. The summed E-state index contributed by atoms with van der Waals surface area (Å²) < 4.78 is 1.35. The maximum atomic E-state index is 12.0. The zero-order valence-corrected chi connectivity index (χ0v) is 11.1. The predicted molar refractivity (Wildman–Crippen MR) is 69.1 cm³/mol. The Labute approximate surface area is 106 Å². The minimum absolute atomic E-state index is 0.0484. The summed E-state index contributed by atoms with van der Waals surface area (Å²) >= 11 is 0. The second-order valence-electron chi connectivity index (χ2n) is 4.49. The van der Waals surface area contributed by atoms with E-state index in [-0.39, 0.29) is 11.5 Å². The Morgan fingerprint density at radius 1 is 1.56 bits per heavy atom. The molecule has 0 aliphatic carbocycles. The number of carbonyl (C=O) groups is 1. The lowest BCUT2D eigenvalue weighted by Crippen LogP contribution is -2.38. The van der Waals surface area contributed by atoms with Gasteiger partial charge in [-0.25, -0.2) is 10.5 Å². The van der Waals surface area contributed by atoms with Gasteiger partial charge in [-0.1, -0.05) is 27.2 Å². The van der Waals surface area contributed by atoms with Crippen LogP contribution in [0.25, 0.3) is 0 Å². The second kappa shape index (κ2) is 6.30. The van der Waals surface area contributed by atoms with Crippen molar-refractivity contribution in [1.82, 2.24) is 15.2 Å². The molecule has 6 nitrogen and oxygen atoms in total. The molecule has 0 saturated carbocycles. The largest absolute Gasteiger partial charge is 0.290 e. The molecule has 3 N–H and O–H groups in total. The molecule has 0 aromatic carbocycles. The summed E-state index contributed by atoms with van der Waals surface area (Å²) in [5.41, 5.74) is 2.36. The Kier molecular flexibility index (Phi) is 5.03. The first-order valence-corrected chi connectivity index (χ1v) is 6.14. The number of nitrogens with two attached hydrogens (primary N) is 1. The Balaban J connectivity index is 3.29. The normalized spacial score (nSPS) is 10.7. The fourth-order valence-corrected chi connectivity index (χ4v) is 1.54. The van der Waals surface area contributed by atoms with E-state index in [9.17, 15) is 9.59 Å². The van der Waals surface area contributed by atoms with Gasteiger partial charge in [0.2, 0.25) is 0 Å². The number of unbranched alkanes of at least 4 members (excludes halogenated alkanes) is 1. The van der Waals surface area contributed by atoms with E-state index in [0.717, 1.165) is 12.8 Å². The average molecular weight is 252 g/mol. The number of nitrogens with one attached hydrogen (secondary N) is 1. The number of hydrazine groups is 1. The number of hydrogen-bond acceptors (Lipinski definition) is 4. The highest BCUT2D eigenvalue weighted by atomic mass is 16.2. The molecule has 0 aliphatic rings. The van der Waals surface area contributed by atoms with Crippen molar-refractivity contribution in [1.29, 1.82) is 0 Å². The van der Waals surface area contributed by atoms with Gasteiger partial charge in [-0.05, 0) is 18.4 Å². The molecule has 100 valence electrons. The molecule has 0 spiro atoms. The van der Waals surface area contributed by atoms with E-state index < -0.39 is 11.5 Å². The molecule has 6 heteroatoms. The van der Waals surface area contributed by atoms with Crippen LogP contribution in [0.2, 0.25) is 0 Å². The van der Waals surface area contributed by atoms with Gasteiger partial charge in [0, 0.05) is 6.54 Å². The zero-order chi connectivity index (χ0) is 13.7. The average Bonchev–Trinajstić information content (AvgIpc) is 2.36. The van der Waals surface area contributed by atoms with Crippen LogP contribution in [0.3, 0.4) is 0 Å². The van der Waals surface area contributed by atoms with Crippen LogP contribution in [-0.2, 0) is 6.54 Å². The van der Waals surface area contributed by atoms with Crippen molar-refractivity contribution in [2.24, 2.45) is 5.84 Å². The van der Waals surface area contributed by atoms with Gasteiger partial charge in [0.1, 0.15) is 5.56 Å². The van der Waals surface area contributed by atoms with Crippen molar-refractivity contribution in [3.8, 4) is 0 Å². The van der Waals surface area contributed by atoms with Crippen LogP contribution in [0, 0.1) is 0 Å². The molecule has 0 unspecified atom stereocenters. The maximum absolute atomic E-state index is 12.0. The van der Waals surface area contributed by atoms with Crippen molar-refractivity contribution in [2.75, 3.05) is 0 Å². The van der Waals surface area contributed by atoms with Crippen molar-refractivity contribution in [3.63, 3.8) is 0 Å². The number of nitrogen functional groups attached to an aromatic ring is 1. The Bertz CT molecular complexity index is 479. The third kappa shape index (κ3) is 3.16. The summed E-state index contributed by atoms with van der Waals surface area (Å²) in [5, 5.41) is 4.27. The van der Waals surface area contributed by atoms with E-state index in [1.165, 1.54) is 10.7 Å². The minimum Gasteiger partial charge on any atom is -0.290 e. The summed E-state index contributed by atoms with van der Waals surface area (Å²) in [6.45, 7) is 6.47. The molecule has 0 bridgehead atoms. The lowest BCUT2D eigenvalue weighted by Gasteiger charge is -2.11. The maximum Gasteiger partial charge on any atom is 0.279 e. The summed E-state index contributed by atoms with van der Waals surface area (Å²) in [7, 11) is 0. The van der Waals surface area contributed by atoms with Gasteiger partial charge >= 0.3 is 0 Å². The van der Waals surface area contributed by atoms with E-state index in [1.54, 1.807) is 0 Å². The number of rotatable bonds is 5. The molecule has 1 aromatic heterocycles. The van der Waals surface area contributed by atoms with Crippen LogP contribution in [0.4, 0.5) is 0 Å². The summed E-state index contributed by atoms with van der Waals surface area (Å²) in [6.07, 6.45) is 1.80. The van der Waals surface area contributed by atoms with Gasteiger partial charge in [0.25, 0.3) is 11.5 Å². The van der Waals surface area contributed by atoms with Gasteiger partial charge in [-0.2, -0.15) is 5.10 Å². The van der Waals surface area contributed by atoms with Crippen LogP contribution in [0.1, 0.15) is 55.6 Å². The lowest BCUT2D eigenvalue weighted by atomic mass is 10.1. The summed E-state index contributed by atoms with van der Waals surface area (Å²) in [6, 6.07) is 1.51. The van der Waals surface area contributed by atoms with Gasteiger partial charge in [0.05, 0.1) is 5.69 Å². The highest BCUT2D eigenvalue weighted by Crippen LogP contribution is 2.10. The molecule has 0 radical (unpaired) electrons. The molecule has 0 aliphatic heterocycles. The number of nitrogens with zero attached hydrogens (tertiary/aromatic N) is 2. The third-order valence-electron chi connectivity index (χ3n) is 2.68. The summed E-state index contributed by atoms with van der Waals surface area (Å²) in [5.74, 6) is 4.65. The number of amides is 1. The molecule has 0 atom stereocenters. The van der Waals surface area contributed by atoms with Gasteiger partial charge < -0.3 is 0 Å². The van der Waals surface area contributed by atoms with Crippen LogP contribution in [0.5, 0.6) is 0 Å². The first-order valence-electron chi connectivity index (χ1n) is 6.14. The summed E-state index contributed by atoms with van der Waals surface area (Å²) in [4.78, 5) is 23.6. The molecule has 1 amide bonds. The Morgan fingerprint density at radius 3 is 2.72 bits per heavy atom. The smallest absolute Gasteiger partial charge is 0.279 e. The zero-order valence-electron chi connectivity index (χ0n) is 11.1. The second-order valence-corrected chi connectivity index (χ2v) is 4.49. The fourth-order valence-electron chi connectivity index (χ4n) is 1.54. The fraction of sp³-hybridized carbons (Fsp3) is 0.583. The van der Waals surface area contributed by atoms with E-state index in [0.29, 0.717) is 12.2 Å². The van der Waals surface area contributed by atoms with E-state index in [4.69, 9.17) is 5.84 Å². The number of carbonyl (C=O) groups excluding carboxylic acids is 1. The van der Waals surface area contributed by atoms with E-state index in [1.807, 2.05) is 26.2 Å². The van der Waals surface area contributed by atoms with Crippen molar-refractivity contribution in [2.45, 2.75) is 46.1 Å². The standard InChI is InChI=1S/C12H20N4O2/c1-4-5-6-16-12(18)9(11(17)14-13)7-10(15-16)8(2)3/h7-8H,4-6,13H2,1-3H3,(H,14,17). The molecule has 0 saturated heterocycles. The molecular formula is C12H20N4O2. The molecule has 1 heterocycles. The van der Waals surface area contributed by atoms with Crippen LogP contribution in [0.15, 0.2) is 10.9 Å². The van der Waals surface area contributed by atoms with Crippen LogP contribution >= 0.6 is 0 Å². The van der Waals surface area contributed by atoms with Gasteiger partial charge in [0.15, 0.2) is 0 Å². The van der Waals surface area contributed by atoms with Gasteiger partial charge in [-0.15, -0.1) is 0 Å². The highest BCUT2D eigenvalue weighted by molar-refractivity contribution is 5.93. The van der Waals surface area contributed by atoms with E-state index in [2.05, 4.69) is 5.10 Å². The monoisotopic (exact) mass is 252 g/mol. The third-order valence-corrected chi connectivity index (χ3v) is 2.68. The topological polar surface area (TPSA) is 90.0 Å². The first-order chi connectivity index (χ1) is 8.51. The quantitative estimate of drug-likeness (QED) is 0.460. The predicted octanol–water partition coefficient (Wildman–Crippen LogP) is 0.770. The molecule has 1 aromatic rings. The molecular weight excluding hydrogens is 232 g/mol. The molecule has 1 rings (SSSR count). The Hall–Kier alpha value is -1.69. The number of aromatic nitrogens is 2. The SMILES string of the molecule is CCCCn1nc(C(C)C)cc(C(=O)NN)c1=O. The van der Waals surface area contributed by atoms with Crippen molar-refractivity contribution < 1.29 is 4.79 Å². The van der Waals surface area contributed by atoms with Crippen molar-refractivity contribution >= 4 is 5.91 Å². The van der Waals surface area contributed by atoms with Gasteiger partial charge in [-0.3, -0.25) is 15.0 Å². The molecule has 0 fully saturated rings. The number of hydrogen-bond donors (Lipinski definition) is 2. The van der Waals surface area contributed by atoms with Crippen molar-refractivity contribution in [3.05, 3.63) is 27.7 Å². The first kappa shape index (κ1) is 14.4. The van der Waals surface area contributed by atoms with Crippen LogP contribution in [-0.4, -0.2) is 15.7 Å². The minimum atomic E-state index is -0.574.